The van der Waals surface area contributed by atoms with Crippen LogP contribution in [0.15, 0.2) is 16.9 Å². The largest absolute Gasteiger partial charge is 0.391 e. The summed E-state index contributed by atoms with van der Waals surface area (Å²) in [4.78, 5) is 24.0. The number of amides is 1. The summed E-state index contributed by atoms with van der Waals surface area (Å²) < 4.78 is 0. The SMILES string of the molecule is O=C(c1ccc(=O)[nH]n1)N1CC[C@H](O)C1. The van der Waals surface area contributed by atoms with Crippen LogP contribution in [0, 0.1) is 0 Å². The van der Waals surface area contributed by atoms with Crippen LogP contribution in [0.3, 0.4) is 0 Å². The Morgan fingerprint density at radius 1 is 1.60 bits per heavy atom. The van der Waals surface area contributed by atoms with Gasteiger partial charge in [0.05, 0.1) is 6.10 Å². The lowest BCUT2D eigenvalue weighted by molar-refractivity contribution is 0.0758. The zero-order chi connectivity index (χ0) is 10.8. The van der Waals surface area contributed by atoms with Crippen LogP contribution in [0.5, 0.6) is 0 Å². The Bertz CT molecular complexity index is 408. The van der Waals surface area contributed by atoms with Gasteiger partial charge >= 0.3 is 0 Å². The van der Waals surface area contributed by atoms with Gasteiger partial charge in [-0.3, -0.25) is 9.59 Å². The first-order valence-corrected chi connectivity index (χ1v) is 4.70. The van der Waals surface area contributed by atoms with Crippen LogP contribution in [-0.2, 0) is 0 Å². The van der Waals surface area contributed by atoms with E-state index >= 15 is 0 Å². The van der Waals surface area contributed by atoms with Gasteiger partial charge in [-0.1, -0.05) is 0 Å². The average molecular weight is 209 g/mol. The molecule has 0 bridgehead atoms. The summed E-state index contributed by atoms with van der Waals surface area (Å²) in [6, 6.07) is 2.64. The lowest BCUT2D eigenvalue weighted by Gasteiger charge is -2.13. The molecule has 1 fully saturated rings. The molecule has 1 aliphatic heterocycles. The molecule has 0 unspecified atom stereocenters. The maximum atomic E-state index is 11.7. The molecule has 0 saturated carbocycles. The first-order valence-electron chi connectivity index (χ1n) is 4.70. The zero-order valence-corrected chi connectivity index (χ0v) is 8.01. The van der Waals surface area contributed by atoms with Gasteiger partial charge in [0.25, 0.3) is 11.5 Å². The summed E-state index contributed by atoms with van der Waals surface area (Å²) in [5.74, 6) is -0.261. The highest BCUT2D eigenvalue weighted by Gasteiger charge is 2.26. The third kappa shape index (κ3) is 2.04. The van der Waals surface area contributed by atoms with Crippen molar-refractivity contribution < 1.29 is 9.90 Å². The van der Waals surface area contributed by atoms with Crippen molar-refractivity contribution in [1.29, 1.82) is 0 Å². The number of aliphatic hydroxyl groups is 1. The van der Waals surface area contributed by atoms with Gasteiger partial charge < -0.3 is 10.0 Å². The van der Waals surface area contributed by atoms with E-state index in [4.69, 9.17) is 0 Å². The lowest BCUT2D eigenvalue weighted by atomic mass is 10.3. The fraction of sp³-hybridized carbons (Fsp3) is 0.444. The maximum absolute atomic E-state index is 11.7. The number of carbonyl (C=O) groups excluding carboxylic acids is 1. The van der Waals surface area contributed by atoms with Crippen LogP contribution in [-0.4, -0.2) is 45.3 Å². The van der Waals surface area contributed by atoms with E-state index in [1.165, 1.54) is 17.0 Å². The Labute approximate surface area is 85.5 Å². The number of H-pyrrole nitrogens is 1. The van der Waals surface area contributed by atoms with E-state index in [1.54, 1.807) is 0 Å². The van der Waals surface area contributed by atoms with Gasteiger partial charge in [-0.25, -0.2) is 5.10 Å². The average Bonchev–Trinajstić information content (AvgIpc) is 2.65. The molecule has 6 nitrogen and oxygen atoms in total. The van der Waals surface area contributed by atoms with Gasteiger partial charge in [0.15, 0.2) is 0 Å². The number of nitrogens with one attached hydrogen (secondary N) is 1. The first kappa shape index (κ1) is 9.85. The number of likely N-dealkylation sites (tertiary alicyclic amines) is 1. The number of β-amino-alcohol motifs (C(OH)–C–C–N with tert-alkyl or cyclic N) is 1. The number of aromatic nitrogens is 2. The molecule has 15 heavy (non-hydrogen) atoms. The summed E-state index contributed by atoms with van der Waals surface area (Å²) in [6.45, 7) is 0.862. The van der Waals surface area contributed by atoms with E-state index in [0.717, 1.165) is 0 Å². The van der Waals surface area contributed by atoms with E-state index < -0.39 is 6.10 Å². The molecule has 1 aromatic heterocycles. The van der Waals surface area contributed by atoms with Crippen molar-refractivity contribution in [1.82, 2.24) is 15.1 Å². The minimum Gasteiger partial charge on any atom is -0.391 e. The van der Waals surface area contributed by atoms with Gasteiger partial charge in [0.2, 0.25) is 0 Å². The van der Waals surface area contributed by atoms with Crippen molar-refractivity contribution in [2.75, 3.05) is 13.1 Å². The highest BCUT2D eigenvalue weighted by Crippen LogP contribution is 2.11. The Morgan fingerprint density at radius 2 is 2.40 bits per heavy atom. The third-order valence-corrected chi connectivity index (χ3v) is 2.35. The van der Waals surface area contributed by atoms with Gasteiger partial charge in [0.1, 0.15) is 5.69 Å². The van der Waals surface area contributed by atoms with Crippen LogP contribution in [0.2, 0.25) is 0 Å². The summed E-state index contributed by atoms with van der Waals surface area (Å²) in [5, 5.41) is 15.1. The van der Waals surface area contributed by atoms with Crippen molar-refractivity contribution in [3.63, 3.8) is 0 Å². The molecular formula is C9H11N3O3. The molecule has 1 atom stereocenters. The highest BCUT2D eigenvalue weighted by atomic mass is 16.3. The second-order valence-electron chi connectivity index (χ2n) is 3.50. The number of aliphatic hydroxyl groups excluding tert-OH is 1. The Hall–Kier alpha value is -1.69. The molecule has 1 saturated heterocycles. The number of hydrogen-bond donors (Lipinski definition) is 2. The van der Waals surface area contributed by atoms with Crippen molar-refractivity contribution in [3.05, 3.63) is 28.2 Å². The van der Waals surface area contributed by atoms with E-state index in [1.807, 2.05) is 0 Å². The van der Waals surface area contributed by atoms with Crippen LogP contribution >= 0.6 is 0 Å². The molecule has 1 aliphatic rings. The Morgan fingerprint density at radius 3 is 2.93 bits per heavy atom. The van der Waals surface area contributed by atoms with Crippen molar-refractivity contribution in [3.8, 4) is 0 Å². The van der Waals surface area contributed by atoms with E-state index in [9.17, 15) is 14.7 Å². The van der Waals surface area contributed by atoms with Crippen LogP contribution in [0.4, 0.5) is 0 Å². The molecule has 2 N–H and O–H groups in total. The van der Waals surface area contributed by atoms with Crippen LogP contribution in [0.25, 0.3) is 0 Å². The minimum atomic E-state index is -0.447. The first-order chi connectivity index (χ1) is 7.16. The Kier molecular flexibility index (Phi) is 2.51. The molecule has 1 aromatic rings. The van der Waals surface area contributed by atoms with E-state index in [-0.39, 0.29) is 17.2 Å². The second kappa shape index (κ2) is 3.82. The standard InChI is InChI=1S/C9H11N3O3/c13-6-3-4-12(5-6)9(15)7-1-2-8(14)11-10-7/h1-2,6,13H,3-5H2,(H,11,14)/t6-/m0/s1. The molecule has 0 aromatic carbocycles. The topological polar surface area (TPSA) is 86.3 Å². The van der Waals surface area contributed by atoms with E-state index in [0.29, 0.717) is 19.5 Å². The van der Waals surface area contributed by atoms with Crippen molar-refractivity contribution >= 4 is 5.91 Å². The fourth-order valence-corrected chi connectivity index (χ4v) is 1.55. The normalized spacial score (nSPS) is 20.6. The molecule has 1 amide bonds. The fourth-order valence-electron chi connectivity index (χ4n) is 1.55. The van der Waals surface area contributed by atoms with Crippen molar-refractivity contribution in [2.45, 2.75) is 12.5 Å². The molecule has 0 aliphatic carbocycles. The van der Waals surface area contributed by atoms with Gasteiger partial charge in [0, 0.05) is 19.2 Å². The number of aromatic amines is 1. The summed E-state index contributed by atoms with van der Waals surface area (Å²) in [7, 11) is 0. The van der Waals surface area contributed by atoms with Gasteiger partial charge in [-0.2, -0.15) is 5.10 Å². The number of carbonyl (C=O) groups is 1. The Balaban J connectivity index is 2.14. The van der Waals surface area contributed by atoms with E-state index in [2.05, 4.69) is 10.2 Å². The smallest absolute Gasteiger partial charge is 0.274 e. The summed E-state index contributed by atoms with van der Waals surface area (Å²) in [6.07, 6.45) is 0.145. The second-order valence-corrected chi connectivity index (χ2v) is 3.50. The third-order valence-electron chi connectivity index (χ3n) is 2.35. The number of nitrogens with zero attached hydrogens (tertiary/aromatic N) is 2. The molecule has 0 radical (unpaired) electrons. The van der Waals surface area contributed by atoms with Gasteiger partial charge in [-0.15, -0.1) is 0 Å². The minimum absolute atomic E-state index is 0.198. The monoisotopic (exact) mass is 209 g/mol. The molecular weight excluding hydrogens is 198 g/mol. The predicted molar refractivity (Wildman–Crippen MR) is 51.4 cm³/mol. The van der Waals surface area contributed by atoms with Crippen LogP contribution in [0.1, 0.15) is 16.9 Å². The van der Waals surface area contributed by atoms with Crippen LogP contribution < -0.4 is 5.56 Å². The van der Waals surface area contributed by atoms with Crippen molar-refractivity contribution in [2.24, 2.45) is 0 Å². The lowest BCUT2D eigenvalue weighted by Crippen LogP contribution is -2.31. The number of hydrogen-bond acceptors (Lipinski definition) is 4. The molecule has 0 spiro atoms. The quantitative estimate of drug-likeness (QED) is 0.619. The number of rotatable bonds is 1. The maximum Gasteiger partial charge on any atom is 0.274 e. The molecule has 6 heteroatoms. The summed E-state index contributed by atoms with van der Waals surface area (Å²) in [5.41, 5.74) is -0.142. The zero-order valence-electron chi connectivity index (χ0n) is 8.01. The van der Waals surface area contributed by atoms with Gasteiger partial charge in [-0.05, 0) is 12.5 Å². The predicted octanol–water partition coefficient (Wildman–Crippen LogP) is -1.02. The molecule has 2 rings (SSSR count). The summed E-state index contributed by atoms with van der Waals surface area (Å²) >= 11 is 0. The molecule has 2 heterocycles. The molecule has 80 valence electrons. The highest BCUT2D eigenvalue weighted by molar-refractivity contribution is 5.92.